The minimum atomic E-state index is -1.13. The highest BCUT2D eigenvalue weighted by molar-refractivity contribution is 7.80. The van der Waals surface area contributed by atoms with Crippen LogP contribution in [0, 0.1) is 13.8 Å². The van der Waals surface area contributed by atoms with Gasteiger partial charge in [-0.3, -0.25) is 0 Å². The highest BCUT2D eigenvalue weighted by atomic mass is 31.1. The molecule has 3 aromatic rings. The van der Waals surface area contributed by atoms with Crippen LogP contribution in [-0.2, 0) is 5.41 Å². The van der Waals surface area contributed by atoms with E-state index in [0.717, 1.165) is 27.7 Å². The van der Waals surface area contributed by atoms with Gasteiger partial charge in [-0.05, 0) is 61.3 Å². The summed E-state index contributed by atoms with van der Waals surface area (Å²) in [6.07, 6.45) is 0. The lowest BCUT2D eigenvalue weighted by Crippen LogP contribution is -2.27. The van der Waals surface area contributed by atoms with Gasteiger partial charge in [0.2, 0.25) is 0 Å². The number of benzene rings is 3. The fourth-order valence-electron chi connectivity index (χ4n) is 3.88. The molecule has 30 heavy (non-hydrogen) atoms. The smallest absolute Gasteiger partial charge is 0.130 e. The maximum absolute atomic E-state index is 11.5. The molecule has 3 aromatic carbocycles. The van der Waals surface area contributed by atoms with E-state index >= 15 is 0 Å². The maximum Gasteiger partial charge on any atom is 0.130 e. The average molecular weight is 423 g/mol. The molecule has 0 aromatic heterocycles. The summed E-state index contributed by atoms with van der Waals surface area (Å²) in [6.45, 7) is 10.6. The lowest BCUT2D eigenvalue weighted by atomic mass is 9.86. The third kappa shape index (κ3) is 4.04. The Bertz CT molecular complexity index is 1010. The fourth-order valence-corrected chi connectivity index (χ4v) is 6.78. The average Bonchev–Trinajstić information content (AvgIpc) is 2.70. The summed E-state index contributed by atoms with van der Waals surface area (Å²) in [5.74, 6) is 1.89. The Labute approximate surface area is 181 Å². The van der Waals surface area contributed by atoms with Crippen LogP contribution >= 0.6 is 7.92 Å². The van der Waals surface area contributed by atoms with Crippen molar-refractivity contribution in [1.29, 1.82) is 0 Å². The van der Waals surface area contributed by atoms with Gasteiger partial charge < -0.3 is 14.6 Å². The number of methoxy groups -OCH3 is 2. The number of rotatable bonds is 5. The van der Waals surface area contributed by atoms with E-state index in [1.54, 1.807) is 14.2 Å². The van der Waals surface area contributed by atoms with Gasteiger partial charge in [-0.25, -0.2) is 0 Å². The molecule has 0 radical (unpaired) electrons. The summed E-state index contributed by atoms with van der Waals surface area (Å²) in [5, 5.41) is 14.6. The summed E-state index contributed by atoms with van der Waals surface area (Å²) in [4.78, 5) is 0. The maximum atomic E-state index is 11.5. The van der Waals surface area contributed by atoms with Crippen LogP contribution in [0.15, 0.2) is 54.6 Å². The second-order valence-electron chi connectivity index (χ2n) is 8.51. The van der Waals surface area contributed by atoms with Gasteiger partial charge in [-0.15, -0.1) is 0 Å². The van der Waals surface area contributed by atoms with Gasteiger partial charge in [-0.1, -0.05) is 63.2 Å². The molecule has 0 aliphatic rings. The number of para-hydroxylation sites is 1. The van der Waals surface area contributed by atoms with Crippen molar-refractivity contribution < 1.29 is 14.6 Å². The molecule has 0 saturated heterocycles. The Morgan fingerprint density at radius 2 is 1.23 bits per heavy atom. The normalized spacial score (nSPS) is 12.5. The van der Waals surface area contributed by atoms with Crippen LogP contribution in [-0.4, -0.2) is 19.3 Å². The molecule has 3 nitrogen and oxygen atoms in total. The fraction of sp³-hybridized carbons (Fsp3) is 0.308. The lowest BCUT2D eigenvalue weighted by molar-refractivity contribution is 0.401. The zero-order valence-corrected chi connectivity index (χ0v) is 19.8. The monoisotopic (exact) mass is 422 g/mol. The number of aryl methyl sites for hydroxylation is 2. The molecule has 1 unspecified atom stereocenters. The van der Waals surface area contributed by atoms with Crippen molar-refractivity contribution in [3.63, 3.8) is 0 Å². The molecule has 4 heteroatoms. The SMILES string of the molecule is COc1cccc(OC)c1P(c1cccc(C(C)(C)C)c1O)c1c(C)cccc1C. The summed E-state index contributed by atoms with van der Waals surface area (Å²) in [5.41, 5.74) is 3.14. The Kier molecular flexibility index (Phi) is 6.43. The Morgan fingerprint density at radius 3 is 1.73 bits per heavy atom. The van der Waals surface area contributed by atoms with Crippen LogP contribution in [0.2, 0.25) is 0 Å². The van der Waals surface area contributed by atoms with Crippen molar-refractivity contribution in [3.8, 4) is 17.2 Å². The molecule has 0 heterocycles. The van der Waals surface area contributed by atoms with Crippen LogP contribution in [0.3, 0.4) is 0 Å². The van der Waals surface area contributed by atoms with Crippen LogP contribution in [0.5, 0.6) is 17.2 Å². The Morgan fingerprint density at radius 1 is 0.733 bits per heavy atom. The molecule has 1 N–H and O–H groups in total. The van der Waals surface area contributed by atoms with E-state index in [1.807, 2.05) is 36.4 Å². The number of phenols is 1. The van der Waals surface area contributed by atoms with Crippen LogP contribution in [0.25, 0.3) is 0 Å². The van der Waals surface area contributed by atoms with E-state index in [-0.39, 0.29) is 5.41 Å². The number of aromatic hydroxyl groups is 1. The Hall–Kier alpha value is -2.51. The predicted octanol–water partition coefficient (Wildman–Crippen LogP) is 5.08. The number of hydrogen-bond acceptors (Lipinski definition) is 3. The summed E-state index contributed by atoms with van der Waals surface area (Å²) in [7, 11) is 2.24. The van der Waals surface area contributed by atoms with Crippen LogP contribution in [0.4, 0.5) is 0 Å². The van der Waals surface area contributed by atoms with E-state index in [0.29, 0.717) is 5.75 Å². The molecular weight excluding hydrogens is 391 g/mol. The van der Waals surface area contributed by atoms with Crippen LogP contribution < -0.4 is 25.4 Å². The highest BCUT2D eigenvalue weighted by Gasteiger charge is 2.31. The standard InChI is InChI=1S/C26H31O3P/c1-17-11-8-12-18(2)24(17)30(25-20(28-6)14-10-15-21(25)29-7)22-16-9-13-19(23(22)27)26(3,4)5/h8-16,27H,1-7H3. The van der Waals surface area contributed by atoms with E-state index < -0.39 is 7.92 Å². The van der Waals surface area contributed by atoms with Gasteiger partial charge in [0.1, 0.15) is 17.2 Å². The van der Waals surface area contributed by atoms with Crippen molar-refractivity contribution in [3.05, 3.63) is 71.3 Å². The van der Waals surface area contributed by atoms with E-state index in [4.69, 9.17) is 9.47 Å². The number of hydrogen-bond donors (Lipinski definition) is 1. The topological polar surface area (TPSA) is 38.7 Å². The van der Waals surface area contributed by atoms with Crippen molar-refractivity contribution in [2.24, 2.45) is 0 Å². The minimum Gasteiger partial charge on any atom is -0.507 e. The van der Waals surface area contributed by atoms with Gasteiger partial charge in [0.15, 0.2) is 0 Å². The van der Waals surface area contributed by atoms with Gasteiger partial charge in [0.05, 0.1) is 19.5 Å². The lowest BCUT2D eigenvalue weighted by Gasteiger charge is -2.29. The molecule has 0 spiro atoms. The molecule has 0 fully saturated rings. The third-order valence-corrected chi connectivity index (χ3v) is 8.24. The van der Waals surface area contributed by atoms with Gasteiger partial charge >= 0.3 is 0 Å². The summed E-state index contributed by atoms with van der Waals surface area (Å²) < 4.78 is 11.6. The molecule has 0 bridgehead atoms. The van der Waals surface area contributed by atoms with Crippen LogP contribution in [0.1, 0.15) is 37.5 Å². The van der Waals surface area contributed by atoms with Crippen molar-refractivity contribution in [1.82, 2.24) is 0 Å². The van der Waals surface area contributed by atoms with Gasteiger partial charge in [0, 0.05) is 5.30 Å². The molecule has 3 rings (SSSR count). The molecule has 1 atom stereocenters. The Balaban J connectivity index is 2.44. The number of ether oxygens (including phenoxy) is 2. The van der Waals surface area contributed by atoms with Gasteiger partial charge in [-0.2, -0.15) is 0 Å². The molecule has 0 amide bonds. The first kappa shape index (κ1) is 22.2. The first-order chi connectivity index (χ1) is 14.2. The molecule has 0 saturated carbocycles. The van der Waals surface area contributed by atoms with Crippen molar-refractivity contribution in [2.75, 3.05) is 14.2 Å². The first-order valence-electron chi connectivity index (χ1n) is 10.1. The van der Waals surface area contributed by atoms with Crippen molar-refractivity contribution in [2.45, 2.75) is 40.0 Å². The molecule has 0 aliphatic heterocycles. The minimum absolute atomic E-state index is 0.174. The predicted molar refractivity (Wildman–Crippen MR) is 128 cm³/mol. The molecule has 0 aliphatic carbocycles. The quantitative estimate of drug-likeness (QED) is 0.583. The molecular formula is C26H31O3P. The second kappa shape index (κ2) is 8.70. The van der Waals surface area contributed by atoms with E-state index in [2.05, 4.69) is 52.8 Å². The number of phenolic OH excluding ortho intramolecular Hbond substituents is 1. The van der Waals surface area contributed by atoms with Crippen molar-refractivity contribution >= 4 is 23.8 Å². The summed E-state index contributed by atoms with van der Waals surface area (Å²) >= 11 is 0. The third-order valence-electron chi connectivity index (χ3n) is 5.35. The highest BCUT2D eigenvalue weighted by Crippen LogP contribution is 2.46. The zero-order valence-electron chi connectivity index (χ0n) is 18.9. The first-order valence-corrected chi connectivity index (χ1v) is 11.4. The van der Waals surface area contributed by atoms with Gasteiger partial charge in [0.25, 0.3) is 0 Å². The van der Waals surface area contributed by atoms with E-state index in [1.165, 1.54) is 16.4 Å². The zero-order chi connectivity index (χ0) is 22.1. The summed E-state index contributed by atoms with van der Waals surface area (Å²) in [6, 6.07) is 18.3. The largest absolute Gasteiger partial charge is 0.507 e. The van der Waals surface area contributed by atoms with E-state index in [9.17, 15) is 5.11 Å². The molecule has 158 valence electrons. The second-order valence-corrected chi connectivity index (χ2v) is 10.6.